The Morgan fingerprint density at radius 2 is 2.05 bits per heavy atom. The van der Waals surface area contributed by atoms with Crippen LogP contribution >= 0.6 is 0 Å². The van der Waals surface area contributed by atoms with Crippen molar-refractivity contribution in [1.29, 1.82) is 0 Å². The number of aromatic carboxylic acids is 1. The van der Waals surface area contributed by atoms with E-state index in [1.807, 2.05) is 0 Å². The molecule has 19 heavy (non-hydrogen) atoms. The number of carboxylic acid groups (broad SMARTS) is 1. The molecule has 0 aromatic carbocycles. The fraction of sp³-hybridized carbons (Fsp3) is 0.182. The van der Waals surface area contributed by atoms with Gasteiger partial charge in [0.05, 0.1) is 5.69 Å². The van der Waals surface area contributed by atoms with Crippen molar-refractivity contribution >= 4 is 5.97 Å². The molecule has 2 aromatic heterocycles. The number of rotatable bonds is 2. The van der Waals surface area contributed by atoms with Crippen molar-refractivity contribution < 1.29 is 27.6 Å². The Balaban J connectivity index is 2.68. The van der Waals surface area contributed by atoms with Crippen LogP contribution in [-0.4, -0.2) is 21.2 Å². The lowest BCUT2D eigenvalue weighted by atomic mass is 10.1. The Hall–Kier alpha value is -2.38. The molecule has 0 aliphatic heterocycles. The Kier molecular flexibility index (Phi) is 3.01. The number of hydrogen-bond acceptors (Lipinski definition) is 4. The molecule has 0 amide bonds. The van der Waals surface area contributed by atoms with Crippen molar-refractivity contribution in [2.75, 3.05) is 0 Å². The third-order valence-corrected chi connectivity index (χ3v) is 2.30. The molecule has 0 radical (unpaired) electrons. The van der Waals surface area contributed by atoms with Gasteiger partial charge in [-0.2, -0.15) is 13.2 Å². The average molecular weight is 272 g/mol. The number of carboxylic acids is 1. The zero-order valence-electron chi connectivity index (χ0n) is 9.52. The minimum absolute atomic E-state index is 0.0939. The first-order valence-corrected chi connectivity index (χ1v) is 5.05. The molecular weight excluding hydrogens is 265 g/mol. The van der Waals surface area contributed by atoms with E-state index >= 15 is 0 Å². The van der Waals surface area contributed by atoms with Crippen LogP contribution in [0.25, 0.3) is 11.4 Å². The summed E-state index contributed by atoms with van der Waals surface area (Å²) in [5.41, 5.74) is -1.68. The van der Waals surface area contributed by atoms with Crippen LogP contribution in [0.15, 0.2) is 22.7 Å². The summed E-state index contributed by atoms with van der Waals surface area (Å²) < 4.78 is 43.0. The van der Waals surface area contributed by atoms with Gasteiger partial charge >= 0.3 is 12.1 Å². The van der Waals surface area contributed by atoms with E-state index in [9.17, 15) is 18.0 Å². The molecule has 2 heterocycles. The van der Waals surface area contributed by atoms with Crippen molar-refractivity contribution in [2.24, 2.45) is 0 Å². The van der Waals surface area contributed by atoms with Gasteiger partial charge in [0.1, 0.15) is 11.3 Å². The maximum absolute atomic E-state index is 12.9. The molecule has 0 aliphatic rings. The van der Waals surface area contributed by atoms with Gasteiger partial charge in [0.2, 0.25) is 0 Å². The highest BCUT2D eigenvalue weighted by atomic mass is 19.4. The van der Waals surface area contributed by atoms with Gasteiger partial charge < -0.3 is 9.63 Å². The van der Waals surface area contributed by atoms with E-state index in [1.165, 1.54) is 12.1 Å². The van der Waals surface area contributed by atoms with E-state index in [1.54, 1.807) is 13.0 Å². The van der Waals surface area contributed by atoms with E-state index in [-0.39, 0.29) is 5.69 Å². The second-order valence-corrected chi connectivity index (χ2v) is 3.70. The van der Waals surface area contributed by atoms with E-state index in [2.05, 4.69) is 14.7 Å². The summed E-state index contributed by atoms with van der Waals surface area (Å²) in [5.74, 6) is -3.08. The lowest BCUT2D eigenvalue weighted by Crippen LogP contribution is -2.12. The number of aromatic nitrogens is 2. The highest BCUT2D eigenvalue weighted by molar-refractivity contribution is 5.88. The van der Waals surface area contributed by atoms with Gasteiger partial charge in [0.15, 0.2) is 0 Å². The van der Waals surface area contributed by atoms with Crippen molar-refractivity contribution in [3.63, 3.8) is 0 Å². The molecule has 0 atom stereocenters. The van der Waals surface area contributed by atoms with Crippen LogP contribution in [0.4, 0.5) is 13.2 Å². The molecule has 2 aromatic rings. The summed E-state index contributed by atoms with van der Waals surface area (Å²) in [6.07, 6.45) is -4.89. The van der Waals surface area contributed by atoms with Crippen LogP contribution < -0.4 is 0 Å². The number of nitrogens with zero attached hydrogens (tertiary/aromatic N) is 2. The van der Waals surface area contributed by atoms with Crippen LogP contribution in [0.3, 0.4) is 0 Å². The van der Waals surface area contributed by atoms with Gasteiger partial charge in [-0.3, -0.25) is 4.98 Å². The summed E-state index contributed by atoms with van der Waals surface area (Å²) in [7, 11) is 0. The highest BCUT2D eigenvalue weighted by Gasteiger charge is 2.43. The molecule has 0 bridgehead atoms. The Labute approximate surface area is 104 Å². The maximum Gasteiger partial charge on any atom is 0.422 e. The van der Waals surface area contributed by atoms with Crippen LogP contribution in [-0.2, 0) is 6.18 Å². The fourth-order valence-corrected chi connectivity index (χ4v) is 1.55. The zero-order chi connectivity index (χ0) is 14.2. The normalized spacial score (nSPS) is 11.6. The molecule has 0 aliphatic carbocycles. The summed E-state index contributed by atoms with van der Waals surface area (Å²) in [6.45, 7) is 1.59. The summed E-state index contributed by atoms with van der Waals surface area (Å²) in [4.78, 5) is 14.6. The van der Waals surface area contributed by atoms with Crippen molar-refractivity contribution in [2.45, 2.75) is 13.1 Å². The summed E-state index contributed by atoms with van der Waals surface area (Å²) >= 11 is 0. The van der Waals surface area contributed by atoms with E-state index in [0.717, 1.165) is 0 Å². The van der Waals surface area contributed by atoms with Crippen LogP contribution in [0.5, 0.6) is 0 Å². The minimum atomic E-state index is -4.89. The first kappa shape index (κ1) is 13.1. The monoisotopic (exact) mass is 272 g/mol. The molecule has 0 unspecified atom stereocenters. The van der Waals surface area contributed by atoms with Crippen LogP contribution in [0.2, 0.25) is 0 Å². The molecule has 100 valence electrons. The van der Waals surface area contributed by atoms with E-state index < -0.39 is 29.2 Å². The van der Waals surface area contributed by atoms with Gasteiger partial charge in [0, 0.05) is 5.69 Å². The quantitative estimate of drug-likeness (QED) is 0.909. The lowest BCUT2D eigenvalue weighted by molar-refractivity contribution is -0.138. The lowest BCUT2D eigenvalue weighted by Gasteiger charge is -2.06. The topological polar surface area (TPSA) is 76.2 Å². The molecule has 0 saturated heterocycles. The average Bonchev–Trinajstić information content (AvgIpc) is 2.73. The van der Waals surface area contributed by atoms with Crippen molar-refractivity contribution in [1.82, 2.24) is 10.1 Å². The minimum Gasteiger partial charge on any atom is -0.475 e. The van der Waals surface area contributed by atoms with Gasteiger partial charge in [-0.1, -0.05) is 11.2 Å². The number of aryl methyl sites for hydroxylation is 1. The molecule has 1 N–H and O–H groups in total. The van der Waals surface area contributed by atoms with Gasteiger partial charge in [-0.25, -0.2) is 4.79 Å². The van der Waals surface area contributed by atoms with E-state index in [4.69, 9.17) is 5.11 Å². The second kappa shape index (κ2) is 4.38. The molecule has 0 saturated carbocycles. The SMILES string of the molecule is Cc1cccc(-c2noc(C(=O)O)c2C(F)(F)F)n1. The molecule has 5 nitrogen and oxygen atoms in total. The van der Waals surface area contributed by atoms with Gasteiger partial charge in [-0.15, -0.1) is 0 Å². The van der Waals surface area contributed by atoms with Crippen molar-refractivity contribution in [3.05, 3.63) is 35.2 Å². The number of hydrogen-bond donors (Lipinski definition) is 1. The Morgan fingerprint density at radius 3 is 2.58 bits per heavy atom. The molecule has 0 fully saturated rings. The predicted octanol–water partition coefficient (Wildman–Crippen LogP) is 2.76. The third-order valence-electron chi connectivity index (χ3n) is 2.30. The molecule has 0 spiro atoms. The van der Waals surface area contributed by atoms with Gasteiger partial charge in [-0.05, 0) is 19.1 Å². The maximum atomic E-state index is 12.9. The first-order chi connectivity index (χ1) is 8.80. The third kappa shape index (κ3) is 2.42. The zero-order valence-corrected chi connectivity index (χ0v) is 9.52. The van der Waals surface area contributed by atoms with Gasteiger partial charge in [0.25, 0.3) is 5.76 Å². The molecular formula is C11H7F3N2O3. The molecule has 2 rings (SSSR count). The Bertz CT molecular complexity index is 634. The highest BCUT2D eigenvalue weighted by Crippen LogP contribution is 2.38. The number of alkyl halides is 3. The Morgan fingerprint density at radius 1 is 1.37 bits per heavy atom. The second-order valence-electron chi connectivity index (χ2n) is 3.70. The number of halogens is 3. The standard InChI is InChI=1S/C11H7F3N2O3/c1-5-3-2-4-6(15-5)8-7(11(12,13)14)9(10(17)18)19-16-8/h2-4H,1H3,(H,17,18). The number of carbonyl (C=O) groups is 1. The first-order valence-electron chi connectivity index (χ1n) is 5.05. The largest absolute Gasteiger partial charge is 0.475 e. The molecule has 8 heteroatoms. The predicted molar refractivity (Wildman–Crippen MR) is 56.4 cm³/mol. The number of pyridine rings is 1. The van der Waals surface area contributed by atoms with E-state index in [0.29, 0.717) is 5.69 Å². The summed E-state index contributed by atoms with van der Waals surface area (Å²) in [5, 5.41) is 11.9. The van der Waals surface area contributed by atoms with Crippen molar-refractivity contribution in [3.8, 4) is 11.4 Å². The fourth-order valence-electron chi connectivity index (χ4n) is 1.55. The van der Waals surface area contributed by atoms with Crippen LogP contribution in [0, 0.1) is 6.92 Å². The smallest absolute Gasteiger partial charge is 0.422 e. The summed E-state index contributed by atoms with van der Waals surface area (Å²) in [6, 6.07) is 4.38. The van der Waals surface area contributed by atoms with Crippen LogP contribution in [0.1, 0.15) is 21.8 Å².